The first-order chi connectivity index (χ1) is 25.7. The van der Waals surface area contributed by atoms with Gasteiger partial charge in [-0.3, -0.25) is 14.9 Å². The monoisotopic (exact) mass is 765 g/mol. The van der Waals surface area contributed by atoms with Gasteiger partial charge in [-0.1, -0.05) is 54.1 Å². The number of rotatable bonds is 14. The SMILES string of the molecule is COc1nc(-c2cccc(-c3cccc4c3CC[C@@H]4Nc3nc(OC)c(CNC(C)(C)C(=O)O)cc3C(F)(F)F)c2Cl)ccc1CCC[C@@H]1CCC(=O)N1. The number of hydrogen-bond acceptors (Lipinski definition) is 8. The molecule has 2 aromatic heterocycles. The number of carboxylic acid groups (broad SMARTS) is 1. The molecule has 1 saturated heterocycles. The highest BCUT2D eigenvalue weighted by Gasteiger charge is 2.38. The number of aryl methyl sites for hydroxylation is 1. The zero-order valence-corrected chi connectivity index (χ0v) is 31.3. The molecule has 0 radical (unpaired) electrons. The van der Waals surface area contributed by atoms with Gasteiger partial charge in [-0.15, -0.1) is 0 Å². The predicted molar refractivity (Wildman–Crippen MR) is 200 cm³/mol. The van der Waals surface area contributed by atoms with Crippen LogP contribution in [0.1, 0.15) is 79.8 Å². The molecule has 14 heteroatoms. The summed E-state index contributed by atoms with van der Waals surface area (Å²) in [4.78, 5) is 32.2. The number of halogens is 4. The summed E-state index contributed by atoms with van der Waals surface area (Å²) in [5, 5.41) is 18.8. The molecular weight excluding hydrogens is 723 g/mol. The molecule has 2 atom stereocenters. The molecule has 1 amide bonds. The topological polar surface area (TPSA) is 135 Å². The number of nitrogens with one attached hydrogen (secondary N) is 3. The van der Waals surface area contributed by atoms with Crippen molar-refractivity contribution in [3.63, 3.8) is 0 Å². The number of alkyl halides is 3. The van der Waals surface area contributed by atoms with Crippen LogP contribution in [0.4, 0.5) is 19.0 Å². The molecular formula is C40H43ClF3N5O5. The van der Waals surface area contributed by atoms with Crippen LogP contribution in [0.2, 0.25) is 5.02 Å². The number of carboxylic acids is 1. The second-order valence-electron chi connectivity index (χ2n) is 14.2. The van der Waals surface area contributed by atoms with Gasteiger partial charge in [-0.05, 0) is 81.2 Å². The minimum Gasteiger partial charge on any atom is -0.481 e. The maximum Gasteiger partial charge on any atom is 0.419 e. The van der Waals surface area contributed by atoms with Gasteiger partial charge in [0.15, 0.2) is 0 Å². The van der Waals surface area contributed by atoms with Gasteiger partial charge in [0.05, 0.1) is 36.5 Å². The Morgan fingerprint density at radius 3 is 2.35 bits per heavy atom. The number of methoxy groups -OCH3 is 2. The van der Waals surface area contributed by atoms with Crippen molar-refractivity contribution in [1.29, 1.82) is 0 Å². The normalized spacial score (nSPS) is 16.9. The number of ether oxygens (including phenoxy) is 2. The van der Waals surface area contributed by atoms with Gasteiger partial charge in [-0.25, -0.2) is 4.98 Å². The fourth-order valence-corrected chi connectivity index (χ4v) is 7.46. The lowest BCUT2D eigenvalue weighted by Gasteiger charge is -2.24. The molecule has 2 aromatic carbocycles. The van der Waals surface area contributed by atoms with E-state index in [1.165, 1.54) is 21.0 Å². The lowest BCUT2D eigenvalue weighted by molar-refractivity contribution is -0.143. The zero-order valence-electron chi connectivity index (χ0n) is 30.5. The smallest absolute Gasteiger partial charge is 0.419 e. The van der Waals surface area contributed by atoms with E-state index >= 15 is 0 Å². The minimum absolute atomic E-state index is 0.0490. The van der Waals surface area contributed by atoms with Crippen LogP contribution >= 0.6 is 11.6 Å². The number of carbonyl (C=O) groups excluding carboxylic acids is 1. The second kappa shape index (κ2) is 15.8. The van der Waals surface area contributed by atoms with Crippen molar-refractivity contribution in [1.82, 2.24) is 20.6 Å². The van der Waals surface area contributed by atoms with Crippen LogP contribution in [0.15, 0.2) is 54.6 Å². The van der Waals surface area contributed by atoms with E-state index in [-0.39, 0.29) is 35.8 Å². The molecule has 286 valence electrons. The fraction of sp³-hybridized carbons (Fsp3) is 0.400. The number of amides is 1. The summed E-state index contributed by atoms with van der Waals surface area (Å²) in [6, 6.07) is 16.0. The highest BCUT2D eigenvalue weighted by molar-refractivity contribution is 6.36. The van der Waals surface area contributed by atoms with E-state index in [0.29, 0.717) is 41.4 Å². The summed E-state index contributed by atoms with van der Waals surface area (Å²) in [6.07, 6.45) is 0.294. The Labute approximate surface area is 316 Å². The van der Waals surface area contributed by atoms with Crippen molar-refractivity contribution < 1.29 is 37.3 Å². The van der Waals surface area contributed by atoms with Gasteiger partial charge < -0.3 is 25.2 Å². The molecule has 0 saturated carbocycles. The van der Waals surface area contributed by atoms with E-state index in [1.54, 1.807) is 7.11 Å². The van der Waals surface area contributed by atoms with Crippen molar-refractivity contribution in [2.24, 2.45) is 0 Å². The largest absolute Gasteiger partial charge is 0.481 e. The van der Waals surface area contributed by atoms with Crippen LogP contribution in [-0.4, -0.2) is 52.8 Å². The molecule has 10 nitrogen and oxygen atoms in total. The van der Waals surface area contributed by atoms with Crippen LogP contribution in [0.5, 0.6) is 11.8 Å². The Bertz CT molecular complexity index is 2060. The van der Waals surface area contributed by atoms with Crippen LogP contribution in [0.3, 0.4) is 0 Å². The first-order valence-electron chi connectivity index (χ1n) is 17.8. The number of aliphatic carboxylic acids is 1. The Kier molecular flexibility index (Phi) is 11.4. The van der Waals surface area contributed by atoms with Crippen LogP contribution < -0.4 is 25.4 Å². The van der Waals surface area contributed by atoms with Crippen LogP contribution in [0.25, 0.3) is 22.4 Å². The number of benzene rings is 2. The van der Waals surface area contributed by atoms with E-state index in [2.05, 4.69) is 20.9 Å². The number of aromatic nitrogens is 2. The van der Waals surface area contributed by atoms with E-state index in [0.717, 1.165) is 59.6 Å². The molecule has 0 bridgehead atoms. The summed E-state index contributed by atoms with van der Waals surface area (Å²) >= 11 is 7.12. The molecule has 1 fully saturated rings. The summed E-state index contributed by atoms with van der Waals surface area (Å²) in [5.74, 6) is -0.961. The van der Waals surface area contributed by atoms with Crippen molar-refractivity contribution in [3.05, 3.63) is 87.4 Å². The molecule has 54 heavy (non-hydrogen) atoms. The van der Waals surface area contributed by atoms with Crippen LogP contribution in [0, 0.1) is 0 Å². The third kappa shape index (κ3) is 8.27. The maximum atomic E-state index is 14.5. The third-order valence-corrected chi connectivity index (χ3v) is 10.6. The summed E-state index contributed by atoms with van der Waals surface area (Å²) in [5.41, 5.74) is 3.46. The van der Waals surface area contributed by atoms with Gasteiger partial charge in [-0.2, -0.15) is 18.2 Å². The molecule has 0 unspecified atom stereocenters. The Hall–Kier alpha value is -4.88. The average molecular weight is 766 g/mol. The minimum atomic E-state index is -4.75. The zero-order chi connectivity index (χ0) is 38.8. The Morgan fingerprint density at radius 1 is 0.963 bits per heavy atom. The summed E-state index contributed by atoms with van der Waals surface area (Å²) < 4.78 is 54.4. The number of pyridine rings is 2. The second-order valence-corrected chi connectivity index (χ2v) is 14.5. The number of anilines is 1. The van der Waals surface area contributed by atoms with Crippen molar-refractivity contribution in [3.8, 4) is 34.1 Å². The van der Waals surface area contributed by atoms with Gasteiger partial charge in [0, 0.05) is 41.3 Å². The lowest BCUT2D eigenvalue weighted by atomic mass is 9.94. The standard InChI is InChI=1S/C40H43ClF3N5O5/c1-39(2,38(51)52)45-21-23-20-30(40(42,43)44)35(49-37(23)54-4)47-31-18-16-26-25(10-6-11-27(26)31)28-12-7-13-29(34(28)41)32-17-14-22(36(48-32)53-3)8-5-9-24-15-19-33(50)46-24/h6-7,10-14,17,20,24,31,45H,5,8-9,15-16,18-19,21H2,1-4H3,(H,46,50)(H,47,49)(H,51,52)/t24-,31+/m1/s1. The van der Waals surface area contributed by atoms with Crippen molar-refractivity contribution in [2.45, 2.75) is 89.1 Å². The molecule has 1 aliphatic heterocycles. The van der Waals surface area contributed by atoms with Crippen LogP contribution in [-0.2, 0) is 35.2 Å². The van der Waals surface area contributed by atoms with Gasteiger partial charge in [0.2, 0.25) is 17.7 Å². The van der Waals surface area contributed by atoms with E-state index < -0.39 is 29.3 Å². The van der Waals surface area contributed by atoms with Gasteiger partial charge in [0.1, 0.15) is 11.4 Å². The number of carbonyl (C=O) groups is 2. The van der Waals surface area contributed by atoms with E-state index in [4.69, 9.17) is 26.1 Å². The molecule has 2 aliphatic rings. The molecule has 3 heterocycles. The maximum absolute atomic E-state index is 14.5. The first kappa shape index (κ1) is 38.8. The van der Waals surface area contributed by atoms with Crippen molar-refractivity contribution >= 4 is 29.3 Å². The highest BCUT2D eigenvalue weighted by Crippen LogP contribution is 2.45. The Balaban J connectivity index is 1.25. The lowest BCUT2D eigenvalue weighted by Crippen LogP contribution is -2.46. The van der Waals surface area contributed by atoms with Gasteiger partial charge in [0.25, 0.3) is 0 Å². The quantitative estimate of drug-likeness (QED) is 0.100. The number of fused-ring (bicyclic) bond motifs is 1. The molecule has 0 spiro atoms. The predicted octanol–water partition coefficient (Wildman–Crippen LogP) is 8.15. The first-order valence-corrected chi connectivity index (χ1v) is 18.2. The van der Waals surface area contributed by atoms with Crippen molar-refractivity contribution in [2.75, 3.05) is 19.5 Å². The third-order valence-electron chi connectivity index (χ3n) is 10.2. The number of hydrogen-bond donors (Lipinski definition) is 4. The fourth-order valence-electron chi connectivity index (χ4n) is 7.14. The summed E-state index contributed by atoms with van der Waals surface area (Å²) in [7, 11) is 2.89. The Morgan fingerprint density at radius 2 is 1.67 bits per heavy atom. The van der Waals surface area contributed by atoms with Gasteiger partial charge >= 0.3 is 12.1 Å². The van der Waals surface area contributed by atoms with E-state index in [9.17, 15) is 27.9 Å². The number of nitrogens with zero attached hydrogens (tertiary/aromatic N) is 2. The van der Waals surface area contributed by atoms with E-state index in [1.807, 2.05) is 48.5 Å². The molecule has 6 rings (SSSR count). The average Bonchev–Trinajstić information content (AvgIpc) is 3.75. The highest BCUT2D eigenvalue weighted by atomic mass is 35.5. The molecule has 1 aliphatic carbocycles. The molecule has 4 aromatic rings. The summed E-state index contributed by atoms with van der Waals surface area (Å²) in [6.45, 7) is 2.63. The molecule has 4 N–H and O–H groups in total.